The first-order valence-corrected chi connectivity index (χ1v) is 12.3. The number of hydrogen-bond donors (Lipinski definition) is 1. The van der Waals surface area contributed by atoms with Crippen molar-refractivity contribution < 1.29 is 28.5 Å². The lowest BCUT2D eigenvalue weighted by Crippen LogP contribution is -2.24. The molecule has 0 fully saturated rings. The molecule has 10 heteroatoms. The smallest absolute Gasteiger partial charge is 0.345 e. The fourth-order valence-corrected chi connectivity index (χ4v) is 3.73. The van der Waals surface area contributed by atoms with Crippen LogP contribution in [0.15, 0.2) is 72.4 Å². The maximum atomic E-state index is 12.6. The number of hydrazone groups is 1. The maximum absolute atomic E-state index is 12.6. The van der Waals surface area contributed by atoms with E-state index in [-0.39, 0.29) is 22.9 Å². The molecule has 1 N–H and O–H groups in total. The summed E-state index contributed by atoms with van der Waals surface area (Å²) in [6.07, 6.45) is 3.90. The van der Waals surface area contributed by atoms with Crippen molar-refractivity contribution in [2.45, 2.75) is 13.3 Å². The SMILES string of the molecule is C=CCc1ccc(OCC(=O)N/N=C\c2ccc(OC(=O)c3ccc(Cl)cc3Cl)c(OCC)c2)c(OC)c1. The minimum Gasteiger partial charge on any atom is -0.493 e. The lowest BCUT2D eigenvalue weighted by molar-refractivity contribution is -0.123. The number of rotatable bonds is 12. The molecule has 38 heavy (non-hydrogen) atoms. The van der Waals surface area contributed by atoms with Crippen LogP contribution in [0.3, 0.4) is 0 Å². The summed E-state index contributed by atoms with van der Waals surface area (Å²) in [6.45, 7) is 5.58. The van der Waals surface area contributed by atoms with Gasteiger partial charge in [0.1, 0.15) is 0 Å². The van der Waals surface area contributed by atoms with E-state index in [1.807, 2.05) is 12.1 Å². The molecule has 0 spiro atoms. The minimum absolute atomic E-state index is 0.166. The third-order valence-electron chi connectivity index (χ3n) is 4.99. The largest absolute Gasteiger partial charge is 0.493 e. The molecule has 3 aromatic carbocycles. The number of benzene rings is 3. The summed E-state index contributed by atoms with van der Waals surface area (Å²) in [7, 11) is 1.53. The van der Waals surface area contributed by atoms with Gasteiger partial charge in [0, 0.05) is 5.02 Å². The molecule has 3 aromatic rings. The second-order valence-electron chi connectivity index (χ2n) is 7.71. The Morgan fingerprint density at radius 2 is 1.76 bits per heavy atom. The van der Waals surface area contributed by atoms with Gasteiger partial charge in [-0.15, -0.1) is 6.58 Å². The molecule has 0 radical (unpaired) electrons. The Hall–Kier alpha value is -4.01. The molecule has 8 nitrogen and oxygen atoms in total. The molecule has 198 valence electrons. The number of hydrogen-bond acceptors (Lipinski definition) is 7. The number of allylic oxidation sites excluding steroid dienone is 1. The number of nitrogens with zero attached hydrogens (tertiary/aromatic N) is 1. The summed E-state index contributed by atoms with van der Waals surface area (Å²) in [4.78, 5) is 24.8. The molecule has 0 aliphatic carbocycles. The standard InChI is InChI=1S/C28H26Cl2N2O6/c1-4-6-18-7-11-23(25(13-18)35-3)37-17-27(33)32-31-16-19-8-12-24(26(14-19)36-5-2)38-28(34)21-10-9-20(29)15-22(21)30/h4,7-16H,1,5-6,17H2,2-3H3,(H,32,33)/b31-16-. The fourth-order valence-electron chi connectivity index (χ4n) is 3.25. The number of methoxy groups -OCH3 is 1. The van der Waals surface area contributed by atoms with Gasteiger partial charge in [-0.1, -0.05) is 35.3 Å². The van der Waals surface area contributed by atoms with Gasteiger partial charge in [-0.3, -0.25) is 4.79 Å². The molecular weight excluding hydrogens is 531 g/mol. The summed E-state index contributed by atoms with van der Waals surface area (Å²) in [6, 6.07) is 14.7. The van der Waals surface area contributed by atoms with Gasteiger partial charge < -0.3 is 18.9 Å². The van der Waals surface area contributed by atoms with Gasteiger partial charge in [0.05, 0.1) is 30.5 Å². The molecule has 0 saturated heterocycles. The lowest BCUT2D eigenvalue weighted by Gasteiger charge is -2.12. The predicted octanol–water partition coefficient (Wildman–Crippen LogP) is 5.88. The Morgan fingerprint density at radius 3 is 2.47 bits per heavy atom. The highest BCUT2D eigenvalue weighted by molar-refractivity contribution is 6.36. The minimum atomic E-state index is -0.659. The van der Waals surface area contributed by atoms with Crippen LogP contribution < -0.4 is 24.4 Å². The van der Waals surface area contributed by atoms with Crippen molar-refractivity contribution in [1.29, 1.82) is 0 Å². The third kappa shape index (κ3) is 7.99. The second kappa shape index (κ2) is 14.1. The first-order valence-electron chi connectivity index (χ1n) is 11.5. The van der Waals surface area contributed by atoms with E-state index in [0.717, 1.165) is 5.56 Å². The van der Waals surface area contributed by atoms with E-state index >= 15 is 0 Å². The molecule has 0 atom stereocenters. The summed E-state index contributed by atoms with van der Waals surface area (Å²) < 4.78 is 22.0. The molecule has 0 bridgehead atoms. The number of carbonyl (C=O) groups excluding carboxylic acids is 2. The Balaban J connectivity index is 1.61. The molecule has 3 rings (SSSR count). The first kappa shape index (κ1) is 28.6. The fraction of sp³-hybridized carbons (Fsp3) is 0.179. The van der Waals surface area contributed by atoms with Crippen LogP contribution in [0.5, 0.6) is 23.0 Å². The summed E-state index contributed by atoms with van der Waals surface area (Å²) in [5.74, 6) is 0.346. The number of esters is 1. The number of halogens is 2. The van der Waals surface area contributed by atoms with Gasteiger partial charge in [-0.05, 0) is 73.0 Å². The Bertz CT molecular complexity index is 1340. The van der Waals surface area contributed by atoms with Crippen LogP contribution in [-0.4, -0.2) is 38.4 Å². The molecular formula is C28H26Cl2N2O6. The van der Waals surface area contributed by atoms with Crippen molar-refractivity contribution in [1.82, 2.24) is 5.43 Å². The van der Waals surface area contributed by atoms with E-state index in [1.54, 1.807) is 43.3 Å². The molecule has 0 unspecified atom stereocenters. The molecule has 1 amide bonds. The van der Waals surface area contributed by atoms with E-state index in [0.29, 0.717) is 40.9 Å². The average molecular weight is 557 g/mol. The normalized spacial score (nSPS) is 10.6. The van der Waals surface area contributed by atoms with E-state index < -0.39 is 11.9 Å². The number of nitrogens with one attached hydrogen (secondary N) is 1. The van der Waals surface area contributed by atoms with Gasteiger partial charge in [0.15, 0.2) is 29.6 Å². The van der Waals surface area contributed by atoms with Crippen LogP contribution in [0.2, 0.25) is 10.0 Å². The van der Waals surface area contributed by atoms with Gasteiger partial charge in [0.2, 0.25) is 0 Å². The van der Waals surface area contributed by atoms with Crippen molar-refractivity contribution in [3.05, 3.63) is 94.0 Å². The van der Waals surface area contributed by atoms with Crippen LogP contribution in [0.25, 0.3) is 0 Å². The highest BCUT2D eigenvalue weighted by Crippen LogP contribution is 2.31. The van der Waals surface area contributed by atoms with Crippen LogP contribution in [0, 0.1) is 0 Å². The predicted molar refractivity (Wildman–Crippen MR) is 147 cm³/mol. The van der Waals surface area contributed by atoms with Crippen LogP contribution in [-0.2, 0) is 11.2 Å². The number of carbonyl (C=O) groups is 2. The highest BCUT2D eigenvalue weighted by atomic mass is 35.5. The van der Waals surface area contributed by atoms with Gasteiger partial charge in [0.25, 0.3) is 5.91 Å². The van der Waals surface area contributed by atoms with Crippen LogP contribution in [0.1, 0.15) is 28.4 Å². The van der Waals surface area contributed by atoms with Crippen molar-refractivity contribution in [2.24, 2.45) is 5.10 Å². The number of ether oxygens (including phenoxy) is 4. The molecule has 0 aliphatic heterocycles. The average Bonchev–Trinajstić information content (AvgIpc) is 2.89. The quantitative estimate of drug-likeness (QED) is 0.0983. The monoisotopic (exact) mass is 556 g/mol. The summed E-state index contributed by atoms with van der Waals surface area (Å²) in [5.41, 5.74) is 4.18. The maximum Gasteiger partial charge on any atom is 0.345 e. The molecule has 0 heterocycles. The summed E-state index contributed by atoms with van der Waals surface area (Å²) >= 11 is 12.0. The zero-order valence-corrected chi connectivity index (χ0v) is 22.3. The first-order chi connectivity index (χ1) is 18.3. The zero-order chi connectivity index (χ0) is 27.5. The van der Waals surface area contributed by atoms with Gasteiger partial charge in [-0.25, -0.2) is 10.2 Å². The highest BCUT2D eigenvalue weighted by Gasteiger charge is 2.16. The zero-order valence-electron chi connectivity index (χ0n) is 20.8. The van der Waals surface area contributed by atoms with E-state index in [2.05, 4.69) is 17.1 Å². The molecule has 0 aromatic heterocycles. The molecule has 0 saturated carbocycles. The Morgan fingerprint density at radius 1 is 0.974 bits per heavy atom. The van der Waals surface area contributed by atoms with Crippen LogP contribution >= 0.6 is 23.2 Å². The van der Waals surface area contributed by atoms with Crippen molar-refractivity contribution in [3.8, 4) is 23.0 Å². The molecule has 0 aliphatic rings. The third-order valence-corrected chi connectivity index (χ3v) is 5.54. The van der Waals surface area contributed by atoms with E-state index in [9.17, 15) is 9.59 Å². The van der Waals surface area contributed by atoms with Crippen molar-refractivity contribution in [2.75, 3.05) is 20.3 Å². The van der Waals surface area contributed by atoms with Gasteiger partial charge in [-0.2, -0.15) is 5.10 Å². The summed E-state index contributed by atoms with van der Waals surface area (Å²) in [5, 5.41) is 4.53. The topological polar surface area (TPSA) is 95.5 Å². The van der Waals surface area contributed by atoms with E-state index in [4.69, 9.17) is 42.1 Å². The van der Waals surface area contributed by atoms with Crippen LogP contribution in [0.4, 0.5) is 0 Å². The van der Waals surface area contributed by atoms with Crippen molar-refractivity contribution >= 4 is 41.3 Å². The Kier molecular flexibility index (Phi) is 10.6. The number of amides is 1. The second-order valence-corrected chi connectivity index (χ2v) is 8.56. The lowest BCUT2D eigenvalue weighted by atomic mass is 10.1. The van der Waals surface area contributed by atoms with Crippen molar-refractivity contribution in [3.63, 3.8) is 0 Å². The van der Waals surface area contributed by atoms with Gasteiger partial charge >= 0.3 is 5.97 Å². The van der Waals surface area contributed by atoms with E-state index in [1.165, 1.54) is 25.5 Å². The Labute approximate surface area is 230 Å².